The molecule has 0 unspecified atom stereocenters. The summed E-state index contributed by atoms with van der Waals surface area (Å²) in [4.78, 5) is 27.8. The van der Waals surface area contributed by atoms with Gasteiger partial charge in [0.05, 0.1) is 31.2 Å². The smallest absolute Gasteiger partial charge is 0.258 e. The molecule has 208 valence electrons. The second-order valence-electron chi connectivity index (χ2n) is 9.76. The lowest BCUT2D eigenvalue weighted by Crippen LogP contribution is -2.50. The van der Waals surface area contributed by atoms with Gasteiger partial charge in [-0.3, -0.25) is 9.59 Å². The molecule has 1 aromatic heterocycles. The zero-order valence-corrected chi connectivity index (χ0v) is 23.7. The van der Waals surface area contributed by atoms with Crippen LogP contribution in [-0.2, 0) is 21.2 Å². The molecule has 11 heteroatoms. The van der Waals surface area contributed by atoms with Crippen molar-refractivity contribution in [2.75, 3.05) is 32.1 Å². The fraction of sp³-hybridized carbons (Fsp3) is 0.357. The number of ether oxygens (including phenoxy) is 1. The Labute approximate surface area is 233 Å². The Morgan fingerprint density at radius 3 is 2.62 bits per heavy atom. The maximum Gasteiger partial charge on any atom is 0.258 e. The third-order valence-corrected chi connectivity index (χ3v) is 9.95. The van der Waals surface area contributed by atoms with Crippen LogP contribution in [0.3, 0.4) is 0 Å². The monoisotopic (exact) mass is 571 g/mol. The van der Waals surface area contributed by atoms with Gasteiger partial charge in [-0.15, -0.1) is 11.3 Å². The van der Waals surface area contributed by atoms with Crippen molar-refractivity contribution in [3.05, 3.63) is 77.2 Å². The van der Waals surface area contributed by atoms with Crippen molar-refractivity contribution in [2.45, 2.75) is 36.6 Å². The number of sulfonamides is 1. The lowest BCUT2D eigenvalue weighted by atomic mass is 9.99. The first-order valence-corrected chi connectivity index (χ1v) is 15.0. The van der Waals surface area contributed by atoms with Crippen LogP contribution in [0.1, 0.15) is 29.8 Å². The maximum atomic E-state index is 13.6. The average Bonchev–Trinajstić information content (AvgIpc) is 3.47. The number of carbonyl (C=O) groups is 2. The van der Waals surface area contributed by atoms with Gasteiger partial charge in [0.1, 0.15) is 16.1 Å². The summed E-state index contributed by atoms with van der Waals surface area (Å²) in [6.07, 6.45) is -0.399. The number of benzene rings is 2. The second-order valence-corrected chi connectivity index (χ2v) is 13.0. The Morgan fingerprint density at radius 1 is 1.21 bits per heavy atom. The van der Waals surface area contributed by atoms with Gasteiger partial charge in [0, 0.05) is 25.2 Å². The van der Waals surface area contributed by atoms with Crippen molar-refractivity contribution >= 4 is 38.9 Å². The number of nitrogens with zero attached hydrogens (tertiary/aromatic N) is 2. The Kier molecular flexibility index (Phi) is 9.06. The fourth-order valence-corrected chi connectivity index (χ4v) is 6.80. The van der Waals surface area contributed by atoms with Gasteiger partial charge in [0.15, 0.2) is 0 Å². The minimum atomic E-state index is -3.70. The van der Waals surface area contributed by atoms with Crippen LogP contribution in [0.4, 0.5) is 5.69 Å². The third kappa shape index (κ3) is 6.67. The molecular weight excluding hydrogens is 538 g/mol. The number of aliphatic hydroxyl groups excluding tert-OH is 1. The van der Waals surface area contributed by atoms with Crippen LogP contribution in [0.25, 0.3) is 0 Å². The van der Waals surface area contributed by atoms with Gasteiger partial charge in [-0.1, -0.05) is 43.3 Å². The first-order chi connectivity index (χ1) is 18.6. The Balaban J connectivity index is 1.61. The van der Waals surface area contributed by atoms with E-state index >= 15 is 0 Å². The standard InChI is InChI=1S/C28H33N3O6S2/c1-19-16-31(20(2)18-32)28(34)23-15-22(29-26(33)14-21-8-5-4-6-9-21)11-12-24(23)37-25(19)17-30(3)39(35,36)27-10-7-13-38-27/h4-13,15,19-20,25,32H,14,16-18H2,1-3H3,(H,29,33)/t19-,20-,25+/m1/s1. The number of aliphatic hydroxyl groups is 1. The second kappa shape index (κ2) is 12.3. The maximum absolute atomic E-state index is 13.6. The van der Waals surface area contributed by atoms with Crippen LogP contribution < -0.4 is 10.1 Å². The summed E-state index contributed by atoms with van der Waals surface area (Å²) in [6, 6.07) is 16.9. The van der Waals surface area contributed by atoms with Gasteiger partial charge in [-0.2, -0.15) is 4.31 Å². The number of nitrogens with one attached hydrogen (secondary N) is 1. The highest BCUT2D eigenvalue weighted by molar-refractivity contribution is 7.91. The van der Waals surface area contributed by atoms with Gasteiger partial charge in [-0.25, -0.2) is 8.42 Å². The average molecular weight is 572 g/mol. The zero-order chi connectivity index (χ0) is 28.2. The van der Waals surface area contributed by atoms with Gasteiger partial charge < -0.3 is 20.1 Å². The minimum absolute atomic E-state index is 0.0614. The molecule has 0 saturated carbocycles. The highest BCUT2D eigenvalue weighted by Crippen LogP contribution is 2.31. The molecule has 4 rings (SSSR count). The number of rotatable bonds is 9. The van der Waals surface area contributed by atoms with E-state index in [4.69, 9.17) is 4.74 Å². The number of anilines is 1. The SMILES string of the molecule is C[C@@H]1CN([C@H](C)CO)C(=O)c2cc(NC(=O)Cc3ccccc3)ccc2O[C@H]1CN(C)S(=O)(=O)c1cccs1. The molecular formula is C28H33N3O6S2. The number of fused-ring (bicyclic) bond motifs is 1. The van der Waals surface area contributed by atoms with Gasteiger partial charge in [-0.05, 0) is 42.1 Å². The van der Waals surface area contributed by atoms with Gasteiger partial charge in [0.25, 0.3) is 15.9 Å². The predicted octanol–water partition coefficient (Wildman–Crippen LogP) is 3.47. The fourth-order valence-electron chi connectivity index (χ4n) is 4.42. The van der Waals surface area contributed by atoms with Crippen LogP contribution >= 0.6 is 11.3 Å². The highest BCUT2D eigenvalue weighted by Gasteiger charge is 2.35. The van der Waals surface area contributed by atoms with E-state index in [1.165, 1.54) is 11.4 Å². The lowest BCUT2D eigenvalue weighted by Gasteiger charge is -2.38. The summed E-state index contributed by atoms with van der Waals surface area (Å²) in [7, 11) is -2.20. The number of thiophene rings is 1. The molecule has 9 nitrogen and oxygen atoms in total. The number of likely N-dealkylation sites (N-methyl/N-ethyl adjacent to an activating group) is 1. The Bertz CT molecular complexity index is 1400. The van der Waals surface area contributed by atoms with E-state index in [2.05, 4.69) is 5.32 Å². The van der Waals surface area contributed by atoms with Crippen LogP contribution in [0.15, 0.2) is 70.3 Å². The topological polar surface area (TPSA) is 116 Å². The molecule has 0 bridgehead atoms. The van der Waals surface area contributed by atoms with Crippen LogP contribution in [-0.4, -0.2) is 73.4 Å². The number of hydrogen-bond acceptors (Lipinski definition) is 7. The first-order valence-electron chi connectivity index (χ1n) is 12.7. The first kappa shape index (κ1) is 28.8. The van der Waals surface area contributed by atoms with Crippen LogP contribution in [0, 0.1) is 5.92 Å². The van der Waals surface area contributed by atoms with Gasteiger partial charge in [0.2, 0.25) is 5.91 Å². The van der Waals surface area contributed by atoms with Crippen molar-refractivity contribution in [2.24, 2.45) is 5.92 Å². The van der Waals surface area contributed by atoms with Crippen LogP contribution in [0.5, 0.6) is 5.75 Å². The Hall–Kier alpha value is -3.25. The van der Waals surface area contributed by atoms with Crippen LogP contribution in [0.2, 0.25) is 0 Å². The normalized spacial score (nSPS) is 18.6. The van der Waals surface area contributed by atoms with Crippen molar-refractivity contribution < 1.29 is 27.9 Å². The Morgan fingerprint density at radius 2 is 1.95 bits per heavy atom. The van der Waals surface area contributed by atoms with E-state index in [9.17, 15) is 23.1 Å². The van der Waals surface area contributed by atoms with Crippen molar-refractivity contribution in [3.63, 3.8) is 0 Å². The molecule has 0 fully saturated rings. The molecule has 3 aromatic rings. The summed E-state index contributed by atoms with van der Waals surface area (Å²) in [5.41, 5.74) is 1.53. The molecule has 39 heavy (non-hydrogen) atoms. The third-order valence-electron chi connectivity index (χ3n) is 6.75. The van der Waals surface area contributed by atoms with E-state index in [-0.39, 0.29) is 59.4 Å². The molecule has 1 aliphatic rings. The molecule has 1 aliphatic heterocycles. The number of hydrogen-bond donors (Lipinski definition) is 2. The molecule has 0 aliphatic carbocycles. The minimum Gasteiger partial charge on any atom is -0.488 e. The van der Waals surface area contributed by atoms with E-state index in [0.717, 1.165) is 16.9 Å². The molecule has 3 atom stereocenters. The largest absolute Gasteiger partial charge is 0.488 e. The zero-order valence-electron chi connectivity index (χ0n) is 22.1. The summed E-state index contributed by atoms with van der Waals surface area (Å²) < 4.78 is 33.9. The van der Waals surface area contributed by atoms with E-state index in [1.54, 1.807) is 47.5 Å². The van der Waals surface area contributed by atoms with E-state index in [1.807, 2.05) is 37.3 Å². The molecule has 0 saturated heterocycles. The molecule has 2 aromatic carbocycles. The summed E-state index contributed by atoms with van der Waals surface area (Å²) in [5.74, 6) is -0.527. The molecule has 0 radical (unpaired) electrons. The summed E-state index contributed by atoms with van der Waals surface area (Å²) >= 11 is 1.15. The van der Waals surface area contributed by atoms with E-state index in [0.29, 0.717) is 5.69 Å². The molecule has 2 heterocycles. The number of amides is 2. The van der Waals surface area contributed by atoms with Gasteiger partial charge >= 0.3 is 0 Å². The van der Waals surface area contributed by atoms with E-state index < -0.39 is 22.2 Å². The molecule has 2 amide bonds. The van der Waals surface area contributed by atoms with Crippen molar-refractivity contribution in [1.29, 1.82) is 0 Å². The summed E-state index contributed by atoms with van der Waals surface area (Å²) in [6.45, 7) is 3.72. The lowest BCUT2D eigenvalue weighted by molar-refractivity contribution is -0.115. The summed E-state index contributed by atoms with van der Waals surface area (Å²) in [5, 5.41) is 14.4. The molecule has 0 spiro atoms. The van der Waals surface area contributed by atoms with Crippen molar-refractivity contribution in [3.8, 4) is 5.75 Å². The molecule has 2 N–H and O–H groups in total. The number of carbonyl (C=O) groups excluding carboxylic acids is 2. The van der Waals surface area contributed by atoms with Crippen molar-refractivity contribution in [1.82, 2.24) is 9.21 Å². The highest BCUT2D eigenvalue weighted by atomic mass is 32.2. The quantitative estimate of drug-likeness (QED) is 0.406. The predicted molar refractivity (Wildman–Crippen MR) is 151 cm³/mol.